The molecule has 1 aliphatic carbocycles. The Hall–Kier alpha value is -3.44. The number of halogens is 3. The van der Waals surface area contributed by atoms with E-state index in [1.54, 1.807) is 25.7 Å². The van der Waals surface area contributed by atoms with E-state index in [-0.39, 0.29) is 11.4 Å². The average molecular weight is 583 g/mol. The number of piperidine rings is 1. The van der Waals surface area contributed by atoms with Gasteiger partial charge in [0.25, 0.3) is 0 Å². The van der Waals surface area contributed by atoms with E-state index in [9.17, 15) is 18.0 Å². The van der Waals surface area contributed by atoms with Crippen LogP contribution in [0.4, 0.5) is 13.2 Å². The molecule has 2 fully saturated rings. The number of nitrogens with zero attached hydrogens (tertiary/aromatic N) is 6. The molecule has 1 aliphatic heterocycles. The van der Waals surface area contributed by atoms with Gasteiger partial charge in [0.15, 0.2) is 0 Å². The number of imidazole rings is 1. The summed E-state index contributed by atoms with van der Waals surface area (Å²) in [4.78, 5) is 15.9. The first kappa shape index (κ1) is 28.7. The Labute approximate surface area is 242 Å². The van der Waals surface area contributed by atoms with Gasteiger partial charge in [-0.25, -0.2) is 4.79 Å². The van der Waals surface area contributed by atoms with Gasteiger partial charge in [0.2, 0.25) is 0 Å². The number of pyridine rings is 1. The molecular formula is C31H37F3N6O2. The number of hydrogen-bond acceptors (Lipinski definition) is 5. The van der Waals surface area contributed by atoms with E-state index in [0.29, 0.717) is 42.2 Å². The first-order valence-corrected chi connectivity index (χ1v) is 14.6. The minimum absolute atomic E-state index is 0.0671. The summed E-state index contributed by atoms with van der Waals surface area (Å²) < 4.78 is 52.6. The Kier molecular flexibility index (Phi) is 7.74. The number of aryl methyl sites for hydroxylation is 1. The lowest BCUT2D eigenvalue weighted by atomic mass is 9.66. The third kappa shape index (κ3) is 5.51. The second-order valence-corrected chi connectivity index (χ2v) is 12.2. The van der Waals surface area contributed by atoms with Gasteiger partial charge < -0.3 is 9.30 Å². The second kappa shape index (κ2) is 11.3. The van der Waals surface area contributed by atoms with Crippen LogP contribution >= 0.6 is 0 Å². The molecule has 3 aromatic heterocycles. The van der Waals surface area contributed by atoms with Crippen molar-refractivity contribution in [2.24, 2.45) is 24.8 Å². The van der Waals surface area contributed by atoms with E-state index in [1.165, 1.54) is 16.8 Å². The first-order chi connectivity index (χ1) is 20.1. The zero-order valence-electron chi connectivity index (χ0n) is 24.2. The van der Waals surface area contributed by atoms with E-state index in [0.717, 1.165) is 54.6 Å². The van der Waals surface area contributed by atoms with Crippen LogP contribution in [0.15, 0.2) is 53.8 Å². The van der Waals surface area contributed by atoms with Gasteiger partial charge in [-0.1, -0.05) is 19.1 Å². The predicted octanol–water partition coefficient (Wildman–Crippen LogP) is 5.27. The van der Waals surface area contributed by atoms with Crippen LogP contribution < -0.4 is 5.69 Å². The molecular weight excluding hydrogens is 545 g/mol. The molecule has 0 N–H and O–H groups in total. The third-order valence-electron chi connectivity index (χ3n) is 8.95. The lowest BCUT2D eigenvalue weighted by molar-refractivity contribution is -0.136. The molecule has 0 unspecified atom stereocenters. The largest absolute Gasteiger partial charge is 0.418 e. The van der Waals surface area contributed by atoms with Gasteiger partial charge in [0.05, 0.1) is 16.8 Å². The molecule has 4 aromatic rings. The quantitative estimate of drug-likeness (QED) is 0.283. The maximum absolute atomic E-state index is 14.3. The maximum Gasteiger partial charge on any atom is 0.418 e. The highest BCUT2D eigenvalue weighted by Gasteiger charge is 2.39. The molecule has 4 heterocycles. The SMILES string of the molecule is COCC1CC([C@H](c2cccc(-n3cc4c(C(F)(F)F)cc(CN5CCC[C@H](C)C5)cn4c3=O)c2)c2nncn2C)C1. The summed E-state index contributed by atoms with van der Waals surface area (Å²) in [6.45, 7) is 4.91. The van der Waals surface area contributed by atoms with Crippen molar-refractivity contribution in [1.82, 2.24) is 28.6 Å². The van der Waals surface area contributed by atoms with Crippen molar-refractivity contribution < 1.29 is 17.9 Å². The molecule has 0 spiro atoms. The van der Waals surface area contributed by atoms with Crippen molar-refractivity contribution in [3.8, 4) is 5.69 Å². The second-order valence-electron chi connectivity index (χ2n) is 12.2. The smallest absolute Gasteiger partial charge is 0.384 e. The van der Waals surface area contributed by atoms with Crippen molar-refractivity contribution in [3.05, 3.63) is 82.1 Å². The molecule has 0 amide bonds. The number of aromatic nitrogens is 5. The molecule has 0 bridgehead atoms. The zero-order chi connectivity index (χ0) is 29.6. The molecule has 1 saturated heterocycles. The molecule has 0 radical (unpaired) electrons. The zero-order valence-corrected chi connectivity index (χ0v) is 24.2. The summed E-state index contributed by atoms with van der Waals surface area (Å²) >= 11 is 0. The Balaban J connectivity index is 1.39. The van der Waals surface area contributed by atoms with Crippen LogP contribution in [-0.4, -0.2) is 55.4 Å². The molecule has 1 aromatic carbocycles. The molecule has 8 nitrogen and oxygen atoms in total. The van der Waals surface area contributed by atoms with Crippen LogP contribution in [0, 0.1) is 17.8 Å². The minimum atomic E-state index is -4.60. The summed E-state index contributed by atoms with van der Waals surface area (Å²) in [5.41, 5.74) is 0.465. The van der Waals surface area contributed by atoms with Crippen LogP contribution in [-0.2, 0) is 24.5 Å². The first-order valence-electron chi connectivity index (χ1n) is 14.6. The maximum atomic E-state index is 14.3. The van der Waals surface area contributed by atoms with Crippen LogP contribution in [0.5, 0.6) is 0 Å². The molecule has 224 valence electrons. The highest BCUT2D eigenvalue weighted by Crippen LogP contribution is 2.46. The van der Waals surface area contributed by atoms with E-state index in [2.05, 4.69) is 22.0 Å². The number of fused-ring (bicyclic) bond motifs is 1. The number of methoxy groups -OCH3 is 1. The van der Waals surface area contributed by atoms with E-state index in [1.807, 2.05) is 29.8 Å². The number of alkyl halides is 3. The average Bonchev–Trinajstić information content (AvgIpc) is 3.49. The van der Waals surface area contributed by atoms with Gasteiger partial charge in [0.1, 0.15) is 12.2 Å². The van der Waals surface area contributed by atoms with Crippen molar-refractivity contribution in [1.29, 1.82) is 0 Å². The van der Waals surface area contributed by atoms with Crippen molar-refractivity contribution in [2.45, 2.75) is 51.2 Å². The minimum Gasteiger partial charge on any atom is -0.384 e. The number of hydrogen-bond donors (Lipinski definition) is 0. The van der Waals surface area contributed by atoms with Gasteiger partial charge in [-0.05, 0) is 79.3 Å². The van der Waals surface area contributed by atoms with Crippen LogP contribution in [0.3, 0.4) is 0 Å². The van der Waals surface area contributed by atoms with Crippen LogP contribution in [0.25, 0.3) is 11.2 Å². The predicted molar refractivity (Wildman–Crippen MR) is 153 cm³/mol. The summed E-state index contributed by atoms with van der Waals surface area (Å²) in [6, 6.07) is 8.70. The Morgan fingerprint density at radius 2 is 1.98 bits per heavy atom. The normalized spacial score (nSPS) is 22.4. The Morgan fingerprint density at radius 1 is 1.17 bits per heavy atom. The van der Waals surface area contributed by atoms with Gasteiger partial charge >= 0.3 is 11.9 Å². The Morgan fingerprint density at radius 3 is 2.67 bits per heavy atom. The number of benzene rings is 1. The lowest BCUT2D eigenvalue weighted by Crippen LogP contribution is -2.34. The van der Waals surface area contributed by atoms with Crippen LogP contribution in [0.1, 0.15) is 61.0 Å². The molecule has 11 heteroatoms. The third-order valence-corrected chi connectivity index (χ3v) is 8.95. The van der Waals surface area contributed by atoms with E-state index >= 15 is 0 Å². The summed E-state index contributed by atoms with van der Waals surface area (Å²) in [5.74, 6) is 2.03. The molecule has 6 rings (SSSR count). The van der Waals surface area contributed by atoms with Crippen molar-refractivity contribution in [2.75, 3.05) is 26.8 Å². The van der Waals surface area contributed by atoms with Crippen molar-refractivity contribution in [3.63, 3.8) is 0 Å². The van der Waals surface area contributed by atoms with Gasteiger partial charge in [0, 0.05) is 52.2 Å². The fraction of sp³-hybridized carbons (Fsp3) is 0.516. The van der Waals surface area contributed by atoms with Gasteiger partial charge in [-0.15, -0.1) is 10.2 Å². The van der Waals surface area contributed by atoms with Crippen molar-refractivity contribution >= 4 is 5.52 Å². The van der Waals surface area contributed by atoms with Gasteiger partial charge in [-0.3, -0.25) is 13.9 Å². The van der Waals surface area contributed by atoms with E-state index in [4.69, 9.17) is 4.74 Å². The standard InChI is InChI=1S/C31H37F3N6O2/c1-20-6-5-9-38(14-20)15-22-12-26(31(32,33)34)27-17-39(30(41)40(27)16-22)25-8-4-7-23(13-25)28(29-36-35-19-37(29)2)24-10-21(11-24)18-42-3/h4,7-8,12-13,16-17,19-21,24,28H,5-6,9-11,14-15,18H2,1-3H3/t20-,21?,24?,28-/m0/s1. The van der Waals surface area contributed by atoms with E-state index < -0.39 is 17.4 Å². The molecule has 2 aliphatic rings. The number of rotatable bonds is 8. The van der Waals surface area contributed by atoms with Gasteiger partial charge in [-0.2, -0.15) is 13.2 Å². The highest BCUT2D eigenvalue weighted by molar-refractivity contribution is 5.58. The number of ether oxygens (including phenoxy) is 1. The fourth-order valence-electron chi connectivity index (χ4n) is 6.94. The summed E-state index contributed by atoms with van der Waals surface area (Å²) in [7, 11) is 3.61. The topological polar surface area (TPSA) is 69.6 Å². The molecule has 1 saturated carbocycles. The summed E-state index contributed by atoms with van der Waals surface area (Å²) in [5, 5.41) is 8.50. The van der Waals surface area contributed by atoms with Crippen LogP contribution in [0.2, 0.25) is 0 Å². The molecule has 42 heavy (non-hydrogen) atoms. The highest BCUT2D eigenvalue weighted by atomic mass is 19.4. The summed E-state index contributed by atoms with van der Waals surface area (Å²) in [6.07, 6.45) is 4.03. The molecule has 2 atom stereocenters. The Bertz CT molecular complexity index is 1620. The number of likely N-dealkylation sites (tertiary alicyclic amines) is 1. The fourth-order valence-corrected chi connectivity index (χ4v) is 6.94. The lowest BCUT2D eigenvalue weighted by Gasteiger charge is -2.40. The monoisotopic (exact) mass is 582 g/mol.